The van der Waals surface area contributed by atoms with E-state index in [2.05, 4.69) is 4.98 Å². The second kappa shape index (κ2) is 9.85. The predicted octanol–water partition coefficient (Wildman–Crippen LogP) is 4.63. The second-order valence-corrected chi connectivity index (χ2v) is 11.7. The van der Waals surface area contributed by atoms with Gasteiger partial charge in [-0.1, -0.05) is 47.2 Å². The average Bonchev–Trinajstić information content (AvgIpc) is 3.32. The van der Waals surface area contributed by atoms with Gasteiger partial charge in [0.25, 0.3) is 0 Å². The van der Waals surface area contributed by atoms with Crippen LogP contribution in [0.2, 0.25) is 0 Å². The first-order valence-electron chi connectivity index (χ1n) is 11.5. The molecule has 7 nitrogen and oxygen atoms in total. The van der Waals surface area contributed by atoms with Crippen molar-refractivity contribution in [2.45, 2.75) is 31.2 Å². The molecule has 180 valence electrons. The highest BCUT2D eigenvalue weighted by Crippen LogP contribution is 2.32. The number of carbonyl (C=O) groups is 1. The van der Waals surface area contributed by atoms with E-state index in [1.54, 1.807) is 41.6 Å². The molecule has 0 N–H and O–H groups in total. The molecule has 1 unspecified atom stereocenters. The number of hydrogen-bond donors (Lipinski definition) is 0. The van der Waals surface area contributed by atoms with Gasteiger partial charge >= 0.3 is 0 Å². The Balaban J connectivity index is 1.43. The van der Waals surface area contributed by atoms with Gasteiger partial charge in [0.15, 0.2) is 5.13 Å². The van der Waals surface area contributed by atoms with E-state index in [1.807, 2.05) is 43.3 Å². The molecule has 1 aliphatic rings. The number of anilines is 1. The fourth-order valence-corrected chi connectivity index (χ4v) is 6.83. The van der Waals surface area contributed by atoms with E-state index in [-0.39, 0.29) is 17.3 Å². The highest BCUT2D eigenvalue weighted by atomic mass is 32.2. The van der Waals surface area contributed by atoms with Crippen molar-refractivity contribution in [1.29, 1.82) is 0 Å². The number of amides is 1. The van der Waals surface area contributed by atoms with Gasteiger partial charge in [-0.25, -0.2) is 13.4 Å². The Morgan fingerprint density at radius 1 is 1.11 bits per heavy atom. The largest absolute Gasteiger partial charge is 0.283 e. The number of sulfonamides is 1. The first-order chi connectivity index (χ1) is 16.9. The molecule has 5 rings (SSSR count). The zero-order valence-corrected chi connectivity index (χ0v) is 21.0. The molecule has 9 heteroatoms. The van der Waals surface area contributed by atoms with Crippen LogP contribution < -0.4 is 4.90 Å². The SMILES string of the molecule is Cc1ccc(S(=O)(=O)N2CCCC(C(=O)N(Cc3cccnc3)c3nc4ccccc4s3)C2)cc1. The first-order valence-corrected chi connectivity index (χ1v) is 13.8. The van der Waals surface area contributed by atoms with Gasteiger partial charge in [0, 0.05) is 25.5 Å². The van der Waals surface area contributed by atoms with Gasteiger partial charge in [-0.05, 0) is 55.7 Å². The van der Waals surface area contributed by atoms with Gasteiger partial charge < -0.3 is 0 Å². The normalized spacial score (nSPS) is 16.9. The number of thiazole rings is 1. The van der Waals surface area contributed by atoms with E-state index >= 15 is 0 Å². The lowest BCUT2D eigenvalue weighted by atomic mass is 9.98. The fraction of sp³-hybridized carbons (Fsp3) is 0.269. The summed E-state index contributed by atoms with van der Waals surface area (Å²) in [6, 6.07) is 18.4. The Bertz CT molecular complexity index is 1400. The summed E-state index contributed by atoms with van der Waals surface area (Å²) in [5.74, 6) is -0.565. The van der Waals surface area contributed by atoms with Crippen LogP contribution in [0.3, 0.4) is 0 Å². The Labute approximate surface area is 209 Å². The number of piperidine rings is 1. The number of pyridine rings is 1. The van der Waals surface area contributed by atoms with E-state index in [1.165, 1.54) is 15.6 Å². The molecule has 35 heavy (non-hydrogen) atoms. The third-order valence-corrected chi connectivity index (χ3v) is 9.17. The van der Waals surface area contributed by atoms with Gasteiger partial charge in [-0.3, -0.25) is 14.7 Å². The number of para-hydroxylation sites is 1. The number of carbonyl (C=O) groups excluding carboxylic acids is 1. The molecule has 1 fully saturated rings. The standard InChI is InChI=1S/C26H26N4O3S2/c1-19-10-12-22(13-11-19)35(32,33)29-15-5-7-21(18-29)25(31)30(17-20-6-4-14-27-16-20)26-28-23-8-2-3-9-24(23)34-26/h2-4,6,8-14,16,21H,5,7,15,17-18H2,1H3. The van der Waals surface area contributed by atoms with E-state index in [4.69, 9.17) is 4.98 Å². The average molecular weight is 507 g/mol. The topological polar surface area (TPSA) is 83.5 Å². The Kier molecular flexibility index (Phi) is 6.64. The van der Waals surface area contributed by atoms with Crippen molar-refractivity contribution in [3.05, 3.63) is 84.2 Å². The quantitative estimate of drug-likeness (QED) is 0.381. The van der Waals surface area contributed by atoms with Gasteiger partial charge in [0.05, 0.1) is 27.6 Å². The zero-order valence-electron chi connectivity index (χ0n) is 19.4. The Hall–Kier alpha value is -3.14. The van der Waals surface area contributed by atoms with Crippen molar-refractivity contribution in [1.82, 2.24) is 14.3 Å². The van der Waals surface area contributed by atoms with E-state index < -0.39 is 15.9 Å². The summed E-state index contributed by atoms with van der Waals surface area (Å²) in [6.07, 6.45) is 4.69. The maximum atomic E-state index is 13.9. The number of aromatic nitrogens is 2. The highest BCUT2D eigenvalue weighted by molar-refractivity contribution is 7.89. The van der Waals surface area contributed by atoms with Crippen LogP contribution in [0, 0.1) is 12.8 Å². The zero-order chi connectivity index (χ0) is 24.4. The molecule has 4 aromatic rings. The smallest absolute Gasteiger partial charge is 0.243 e. The highest BCUT2D eigenvalue weighted by Gasteiger charge is 2.36. The molecule has 0 bridgehead atoms. The summed E-state index contributed by atoms with van der Waals surface area (Å²) in [6.45, 7) is 2.81. The molecule has 2 aromatic carbocycles. The monoisotopic (exact) mass is 506 g/mol. The molecule has 2 aromatic heterocycles. The summed E-state index contributed by atoms with van der Waals surface area (Å²) < 4.78 is 29.0. The van der Waals surface area contributed by atoms with Crippen molar-refractivity contribution >= 4 is 42.6 Å². The lowest BCUT2D eigenvalue weighted by Crippen LogP contribution is -2.46. The molecule has 0 radical (unpaired) electrons. The minimum absolute atomic E-state index is 0.114. The van der Waals surface area contributed by atoms with E-state index in [9.17, 15) is 13.2 Å². The van der Waals surface area contributed by atoms with Crippen LogP contribution in [-0.4, -0.2) is 41.7 Å². The van der Waals surface area contributed by atoms with Crippen LogP contribution in [0.4, 0.5) is 5.13 Å². The van der Waals surface area contributed by atoms with Crippen molar-refractivity contribution in [3.8, 4) is 0 Å². The molecular formula is C26H26N4O3S2. The van der Waals surface area contributed by atoms with Crippen molar-refractivity contribution in [2.75, 3.05) is 18.0 Å². The maximum Gasteiger partial charge on any atom is 0.243 e. The van der Waals surface area contributed by atoms with E-state index in [0.29, 0.717) is 31.1 Å². The minimum atomic E-state index is -3.68. The van der Waals surface area contributed by atoms with Crippen LogP contribution in [0.25, 0.3) is 10.2 Å². The second-order valence-electron chi connectivity index (χ2n) is 8.77. The molecular weight excluding hydrogens is 480 g/mol. The van der Waals surface area contributed by atoms with Crippen LogP contribution in [-0.2, 0) is 21.4 Å². The first kappa shape index (κ1) is 23.6. The lowest BCUT2D eigenvalue weighted by molar-refractivity contribution is -0.123. The third-order valence-electron chi connectivity index (χ3n) is 6.24. The van der Waals surface area contributed by atoms with Crippen molar-refractivity contribution in [2.24, 2.45) is 5.92 Å². The van der Waals surface area contributed by atoms with Crippen LogP contribution in [0.5, 0.6) is 0 Å². The molecule has 1 aliphatic heterocycles. The molecule has 3 heterocycles. The number of benzene rings is 2. The molecule has 1 saturated heterocycles. The number of nitrogens with zero attached hydrogens (tertiary/aromatic N) is 4. The predicted molar refractivity (Wildman–Crippen MR) is 138 cm³/mol. The lowest BCUT2D eigenvalue weighted by Gasteiger charge is -2.33. The van der Waals surface area contributed by atoms with Crippen LogP contribution in [0.1, 0.15) is 24.0 Å². The molecule has 0 saturated carbocycles. The minimum Gasteiger partial charge on any atom is -0.283 e. The number of hydrogen-bond acceptors (Lipinski definition) is 6. The number of fused-ring (bicyclic) bond motifs is 1. The van der Waals surface area contributed by atoms with E-state index in [0.717, 1.165) is 21.3 Å². The summed E-state index contributed by atoms with van der Waals surface area (Å²) in [4.78, 5) is 24.7. The summed E-state index contributed by atoms with van der Waals surface area (Å²) in [7, 11) is -3.68. The summed E-state index contributed by atoms with van der Waals surface area (Å²) >= 11 is 1.46. The van der Waals surface area contributed by atoms with Gasteiger partial charge in [0.2, 0.25) is 15.9 Å². The van der Waals surface area contributed by atoms with Gasteiger partial charge in [0.1, 0.15) is 0 Å². The molecule has 0 aliphatic carbocycles. The molecule has 1 atom stereocenters. The molecule has 0 spiro atoms. The fourth-order valence-electron chi connectivity index (χ4n) is 4.33. The Morgan fingerprint density at radius 2 is 1.91 bits per heavy atom. The summed E-state index contributed by atoms with van der Waals surface area (Å²) in [5.41, 5.74) is 2.72. The van der Waals surface area contributed by atoms with Crippen molar-refractivity contribution in [3.63, 3.8) is 0 Å². The van der Waals surface area contributed by atoms with Crippen LogP contribution >= 0.6 is 11.3 Å². The van der Waals surface area contributed by atoms with Crippen LogP contribution in [0.15, 0.2) is 78.0 Å². The van der Waals surface area contributed by atoms with Gasteiger partial charge in [-0.2, -0.15) is 4.31 Å². The molecule has 1 amide bonds. The summed E-state index contributed by atoms with van der Waals surface area (Å²) in [5, 5.41) is 0.610. The Morgan fingerprint density at radius 3 is 2.66 bits per heavy atom. The van der Waals surface area contributed by atoms with Crippen molar-refractivity contribution < 1.29 is 13.2 Å². The van der Waals surface area contributed by atoms with Gasteiger partial charge in [-0.15, -0.1) is 0 Å². The maximum absolute atomic E-state index is 13.9. The number of rotatable bonds is 6. The third kappa shape index (κ3) is 4.98. The number of aryl methyl sites for hydroxylation is 1.